The third-order valence-corrected chi connectivity index (χ3v) is 3.96. The van der Waals surface area contributed by atoms with Crippen molar-refractivity contribution in [3.8, 4) is 0 Å². The van der Waals surface area contributed by atoms with Crippen LogP contribution in [0, 0.1) is 5.92 Å². The maximum atomic E-state index is 6.16. The number of aliphatic imine (C=N–C) groups is 1. The molecule has 0 radical (unpaired) electrons. The molecule has 21 heavy (non-hydrogen) atoms. The first-order valence-electron chi connectivity index (χ1n) is 6.92. The molecular formula is C15H23ClIN3O. The van der Waals surface area contributed by atoms with Crippen LogP contribution >= 0.6 is 35.6 Å². The van der Waals surface area contributed by atoms with Crippen molar-refractivity contribution in [1.29, 1.82) is 0 Å². The van der Waals surface area contributed by atoms with Gasteiger partial charge in [0.15, 0.2) is 5.96 Å². The molecule has 1 saturated heterocycles. The number of guanidine groups is 1. The van der Waals surface area contributed by atoms with E-state index in [2.05, 4.69) is 15.2 Å². The van der Waals surface area contributed by atoms with Gasteiger partial charge in [0.1, 0.15) is 0 Å². The molecule has 0 spiro atoms. The molecule has 0 saturated carbocycles. The lowest BCUT2D eigenvalue weighted by Gasteiger charge is -2.22. The largest absolute Gasteiger partial charge is 0.384 e. The van der Waals surface area contributed by atoms with Crippen LogP contribution in [0.2, 0.25) is 5.02 Å². The van der Waals surface area contributed by atoms with Crippen molar-refractivity contribution in [1.82, 2.24) is 10.2 Å². The second-order valence-electron chi connectivity index (χ2n) is 5.05. The summed E-state index contributed by atoms with van der Waals surface area (Å²) < 4.78 is 5.23. The molecule has 118 valence electrons. The zero-order valence-corrected chi connectivity index (χ0v) is 15.6. The number of nitrogens with one attached hydrogen (secondary N) is 1. The summed E-state index contributed by atoms with van der Waals surface area (Å²) in [7, 11) is 3.58. The Labute approximate surface area is 148 Å². The first-order valence-corrected chi connectivity index (χ1v) is 7.30. The van der Waals surface area contributed by atoms with Gasteiger partial charge in [0.2, 0.25) is 0 Å². The zero-order chi connectivity index (χ0) is 14.4. The molecule has 1 fully saturated rings. The molecule has 0 aliphatic carbocycles. The van der Waals surface area contributed by atoms with Crippen molar-refractivity contribution in [2.24, 2.45) is 10.9 Å². The Kier molecular flexibility index (Phi) is 8.36. The standard InChI is InChI=1S/C15H22ClN3O.HI/c1-17-15(19-8-7-12(10-19)11-20-2)18-9-13-5-3-4-6-14(13)16;/h3-6,12H,7-11H2,1-2H3,(H,17,18);1H. The summed E-state index contributed by atoms with van der Waals surface area (Å²) in [6.07, 6.45) is 1.15. The van der Waals surface area contributed by atoms with Gasteiger partial charge in [0.05, 0.1) is 6.61 Å². The Morgan fingerprint density at radius 3 is 2.90 bits per heavy atom. The van der Waals surface area contributed by atoms with Gasteiger partial charge in [-0.15, -0.1) is 24.0 Å². The van der Waals surface area contributed by atoms with E-state index in [1.165, 1.54) is 0 Å². The number of halogens is 2. The highest BCUT2D eigenvalue weighted by Gasteiger charge is 2.24. The molecule has 1 aromatic carbocycles. The first-order chi connectivity index (χ1) is 9.74. The van der Waals surface area contributed by atoms with Gasteiger partial charge in [-0.05, 0) is 18.1 Å². The second kappa shape index (κ2) is 9.48. The number of hydrogen-bond donors (Lipinski definition) is 1. The van der Waals surface area contributed by atoms with E-state index < -0.39 is 0 Å². The maximum absolute atomic E-state index is 6.16. The van der Waals surface area contributed by atoms with Crippen molar-refractivity contribution in [3.63, 3.8) is 0 Å². The van der Waals surface area contributed by atoms with Crippen molar-refractivity contribution in [2.75, 3.05) is 33.9 Å². The summed E-state index contributed by atoms with van der Waals surface area (Å²) in [5.41, 5.74) is 1.09. The van der Waals surface area contributed by atoms with Gasteiger partial charge in [-0.1, -0.05) is 29.8 Å². The van der Waals surface area contributed by atoms with E-state index in [1.54, 1.807) is 7.11 Å². The lowest BCUT2D eigenvalue weighted by atomic mass is 10.1. The van der Waals surface area contributed by atoms with Crippen molar-refractivity contribution >= 4 is 41.5 Å². The van der Waals surface area contributed by atoms with E-state index in [1.807, 2.05) is 31.3 Å². The third kappa shape index (κ3) is 5.30. The van der Waals surface area contributed by atoms with Crippen LogP contribution < -0.4 is 5.32 Å². The molecule has 2 rings (SSSR count). The fourth-order valence-corrected chi connectivity index (χ4v) is 2.75. The normalized spacial score (nSPS) is 18.5. The van der Waals surface area contributed by atoms with E-state index in [4.69, 9.17) is 16.3 Å². The molecular weight excluding hydrogens is 401 g/mol. The Morgan fingerprint density at radius 2 is 2.24 bits per heavy atom. The number of nitrogens with zero attached hydrogens (tertiary/aromatic N) is 2. The fraction of sp³-hybridized carbons (Fsp3) is 0.533. The van der Waals surface area contributed by atoms with Gasteiger partial charge < -0.3 is 15.0 Å². The van der Waals surface area contributed by atoms with Gasteiger partial charge >= 0.3 is 0 Å². The monoisotopic (exact) mass is 423 g/mol. The molecule has 1 aliphatic heterocycles. The van der Waals surface area contributed by atoms with E-state index >= 15 is 0 Å². The van der Waals surface area contributed by atoms with Crippen molar-refractivity contribution < 1.29 is 4.74 Å². The summed E-state index contributed by atoms with van der Waals surface area (Å²) in [4.78, 5) is 6.64. The third-order valence-electron chi connectivity index (χ3n) is 3.59. The Hall–Kier alpha value is -0.530. The molecule has 4 nitrogen and oxygen atoms in total. The van der Waals surface area contributed by atoms with Crippen LogP contribution in [0.25, 0.3) is 0 Å². The average Bonchev–Trinajstić information content (AvgIpc) is 2.90. The molecule has 0 aromatic heterocycles. The summed E-state index contributed by atoms with van der Waals surface area (Å²) in [5.74, 6) is 1.53. The van der Waals surface area contributed by atoms with Crippen LogP contribution in [0.1, 0.15) is 12.0 Å². The van der Waals surface area contributed by atoms with E-state index in [0.29, 0.717) is 12.5 Å². The highest BCUT2D eigenvalue weighted by molar-refractivity contribution is 14.0. The molecule has 1 aromatic rings. The molecule has 1 N–H and O–H groups in total. The van der Waals surface area contributed by atoms with Crippen LogP contribution in [-0.2, 0) is 11.3 Å². The van der Waals surface area contributed by atoms with E-state index in [0.717, 1.165) is 42.7 Å². The Morgan fingerprint density at radius 1 is 1.48 bits per heavy atom. The lowest BCUT2D eigenvalue weighted by Crippen LogP contribution is -2.39. The number of methoxy groups -OCH3 is 1. The van der Waals surface area contributed by atoms with Crippen LogP contribution in [0.3, 0.4) is 0 Å². The summed E-state index contributed by atoms with van der Waals surface area (Å²) in [6.45, 7) is 3.53. The Balaban J connectivity index is 0.00000220. The molecule has 1 atom stereocenters. The number of benzene rings is 1. The van der Waals surface area contributed by atoms with Gasteiger partial charge in [-0.25, -0.2) is 0 Å². The predicted octanol–water partition coefficient (Wildman–Crippen LogP) is 3.00. The summed E-state index contributed by atoms with van der Waals surface area (Å²) in [5, 5.41) is 4.17. The van der Waals surface area contributed by atoms with Crippen LogP contribution in [0.5, 0.6) is 0 Å². The molecule has 6 heteroatoms. The Bertz CT molecular complexity index is 470. The van der Waals surface area contributed by atoms with Crippen molar-refractivity contribution in [3.05, 3.63) is 34.9 Å². The minimum Gasteiger partial charge on any atom is -0.384 e. The number of ether oxygens (including phenoxy) is 1. The number of hydrogen-bond acceptors (Lipinski definition) is 2. The SMILES string of the molecule is CN=C(NCc1ccccc1Cl)N1CCC(COC)C1.I. The molecule has 1 aliphatic rings. The molecule has 0 amide bonds. The quantitative estimate of drug-likeness (QED) is 0.459. The smallest absolute Gasteiger partial charge is 0.193 e. The van der Waals surface area contributed by atoms with Crippen molar-refractivity contribution in [2.45, 2.75) is 13.0 Å². The second-order valence-corrected chi connectivity index (χ2v) is 5.46. The molecule has 0 bridgehead atoms. The lowest BCUT2D eigenvalue weighted by molar-refractivity contribution is 0.157. The minimum atomic E-state index is 0. The number of likely N-dealkylation sites (tertiary alicyclic amines) is 1. The van der Waals surface area contributed by atoms with Crippen LogP contribution in [0.15, 0.2) is 29.3 Å². The molecule has 1 heterocycles. The van der Waals surface area contributed by atoms with Gasteiger partial charge in [0, 0.05) is 44.7 Å². The summed E-state index contributed by atoms with van der Waals surface area (Å²) in [6, 6.07) is 7.87. The van der Waals surface area contributed by atoms with Gasteiger partial charge in [0.25, 0.3) is 0 Å². The van der Waals surface area contributed by atoms with Crippen LogP contribution in [0.4, 0.5) is 0 Å². The topological polar surface area (TPSA) is 36.9 Å². The summed E-state index contributed by atoms with van der Waals surface area (Å²) >= 11 is 6.16. The van der Waals surface area contributed by atoms with Crippen LogP contribution in [-0.4, -0.2) is 44.7 Å². The highest BCUT2D eigenvalue weighted by Crippen LogP contribution is 2.17. The van der Waals surface area contributed by atoms with Gasteiger partial charge in [-0.2, -0.15) is 0 Å². The number of rotatable bonds is 4. The maximum Gasteiger partial charge on any atom is 0.193 e. The fourth-order valence-electron chi connectivity index (χ4n) is 2.55. The zero-order valence-electron chi connectivity index (χ0n) is 12.5. The minimum absolute atomic E-state index is 0. The predicted molar refractivity (Wildman–Crippen MR) is 98.6 cm³/mol. The van der Waals surface area contributed by atoms with E-state index in [9.17, 15) is 0 Å². The first kappa shape index (κ1) is 18.5. The van der Waals surface area contributed by atoms with E-state index in [-0.39, 0.29) is 24.0 Å². The average molecular weight is 424 g/mol. The van der Waals surface area contributed by atoms with Gasteiger partial charge in [-0.3, -0.25) is 4.99 Å². The molecule has 1 unspecified atom stereocenters. The highest BCUT2D eigenvalue weighted by atomic mass is 127.